The van der Waals surface area contributed by atoms with Crippen molar-refractivity contribution in [3.63, 3.8) is 0 Å². The Hall–Kier alpha value is -2.41. The van der Waals surface area contributed by atoms with Crippen molar-refractivity contribution < 1.29 is 0 Å². The molecule has 3 rings (SSSR count). The van der Waals surface area contributed by atoms with Crippen molar-refractivity contribution in [3.05, 3.63) is 36.2 Å². The van der Waals surface area contributed by atoms with Crippen molar-refractivity contribution in [2.45, 2.75) is 45.2 Å². The molecule has 1 fully saturated rings. The largest absolute Gasteiger partial charge is 0.354 e. The Labute approximate surface area is 161 Å². The van der Waals surface area contributed by atoms with Gasteiger partial charge in [0.2, 0.25) is 0 Å². The van der Waals surface area contributed by atoms with E-state index in [4.69, 9.17) is 0 Å². The van der Waals surface area contributed by atoms with Crippen molar-refractivity contribution in [1.82, 2.24) is 30.7 Å². The number of piperidine rings is 1. The van der Waals surface area contributed by atoms with Gasteiger partial charge >= 0.3 is 0 Å². The molecule has 1 aliphatic heterocycles. The third kappa shape index (κ3) is 5.79. The first-order chi connectivity index (χ1) is 13.3. The predicted molar refractivity (Wildman–Crippen MR) is 110 cm³/mol. The van der Waals surface area contributed by atoms with Crippen molar-refractivity contribution in [3.8, 4) is 11.4 Å². The van der Waals surface area contributed by atoms with E-state index >= 15 is 0 Å². The Bertz CT molecular complexity index is 703. The summed E-state index contributed by atoms with van der Waals surface area (Å²) in [4.78, 5) is 11.2. The van der Waals surface area contributed by atoms with E-state index in [2.05, 4.69) is 54.8 Å². The highest BCUT2D eigenvalue weighted by atomic mass is 15.2. The van der Waals surface area contributed by atoms with E-state index in [1.54, 1.807) is 0 Å². The number of likely N-dealkylation sites (tertiary alicyclic amines) is 1. The van der Waals surface area contributed by atoms with Crippen LogP contribution in [0.3, 0.4) is 0 Å². The summed E-state index contributed by atoms with van der Waals surface area (Å²) in [6.45, 7) is 6.56. The van der Waals surface area contributed by atoms with Crippen molar-refractivity contribution in [2.75, 3.05) is 26.7 Å². The molecule has 0 amide bonds. The standard InChI is InChI=1S/C20H31N7/c1-3-4-10-27-11-8-18(9-12-27)25-20(21-2)22-14-16-6-5-7-17(13-16)19-23-15-24-26-19/h5-7,13,15,18H,3-4,8-12,14H2,1-2H3,(H2,21,22,25)(H,23,24,26). The van der Waals surface area contributed by atoms with Crippen LogP contribution in [0.2, 0.25) is 0 Å². The molecule has 27 heavy (non-hydrogen) atoms. The van der Waals surface area contributed by atoms with Gasteiger partial charge in [-0.15, -0.1) is 0 Å². The number of unbranched alkanes of at least 4 members (excludes halogenated alkanes) is 1. The molecule has 7 heteroatoms. The molecule has 1 saturated heterocycles. The quantitative estimate of drug-likeness (QED) is 0.516. The van der Waals surface area contributed by atoms with Gasteiger partial charge in [0, 0.05) is 38.3 Å². The van der Waals surface area contributed by atoms with Crippen LogP contribution in [0.25, 0.3) is 11.4 Å². The summed E-state index contributed by atoms with van der Waals surface area (Å²) in [5, 5.41) is 13.8. The van der Waals surface area contributed by atoms with Crippen LogP contribution in [0.5, 0.6) is 0 Å². The van der Waals surface area contributed by atoms with Gasteiger partial charge in [-0.25, -0.2) is 4.98 Å². The lowest BCUT2D eigenvalue weighted by Gasteiger charge is -2.33. The Balaban J connectivity index is 1.47. The van der Waals surface area contributed by atoms with E-state index in [0.717, 1.165) is 23.9 Å². The van der Waals surface area contributed by atoms with Crippen LogP contribution in [0, 0.1) is 0 Å². The Morgan fingerprint density at radius 2 is 2.19 bits per heavy atom. The first-order valence-corrected chi connectivity index (χ1v) is 9.92. The molecule has 0 atom stereocenters. The van der Waals surface area contributed by atoms with Gasteiger partial charge in [-0.3, -0.25) is 10.1 Å². The third-order valence-electron chi connectivity index (χ3n) is 5.06. The summed E-state index contributed by atoms with van der Waals surface area (Å²) in [6.07, 6.45) is 6.44. The fourth-order valence-electron chi connectivity index (χ4n) is 3.43. The van der Waals surface area contributed by atoms with Crippen molar-refractivity contribution in [1.29, 1.82) is 0 Å². The number of nitrogens with one attached hydrogen (secondary N) is 3. The Morgan fingerprint density at radius 1 is 1.33 bits per heavy atom. The van der Waals surface area contributed by atoms with Crippen LogP contribution in [-0.2, 0) is 6.54 Å². The number of H-pyrrole nitrogens is 1. The molecule has 7 nitrogen and oxygen atoms in total. The zero-order chi connectivity index (χ0) is 18.9. The van der Waals surface area contributed by atoms with Gasteiger partial charge in [0.25, 0.3) is 0 Å². The van der Waals surface area contributed by atoms with E-state index in [1.807, 2.05) is 19.2 Å². The highest BCUT2D eigenvalue weighted by Crippen LogP contribution is 2.15. The summed E-state index contributed by atoms with van der Waals surface area (Å²) in [5.41, 5.74) is 2.22. The first kappa shape index (κ1) is 19.4. The minimum absolute atomic E-state index is 0.495. The zero-order valence-corrected chi connectivity index (χ0v) is 16.4. The van der Waals surface area contributed by atoms with Gasteiger partial charge < -0.3 is 15.5 Å². The topological polar surface area (TPSA) is 81.2 Å². The predicted octanol–water partition coefficient (Wildman–Crippen LogP) is 2.40. The van der Waals surface area contributed by atoms with Crippen LogP contribution in [0.1, 0.15) is 38.2 Å². The smallest absolute Gasteiger partial charge is 0.191 e. The molecule has 2 heterocycles. The second-order valence-electron chi connectivity index (χ2n) is 7.07. The zero-order valence-electron chi connectivity index (χ0n) is 16.4. The molecule has 0 unspecified atom stereocenters. The van der Waals surface area contributed by atoms with E-state index < -0.39 is 0 Å². The molecule has 1 aliphatic rings. The number of hydrogen-bond donors (Lipinski definition) is 3. The van der Waals surface area contributed by atoms with Gasteiger partial charge in [-0.2, -0.15) is 5.10 Å². The van der Waals surface area contributed by atoms with E-state index in [1.165, 1.54) is 57.2 Å². The highest BCUT2D eigenvalue weighted by molar-refractivity contribution is 5.80. The fourth-order valence-corrected chi connectivity index (χ4v) is 3.43. The summed E-state index contributed by atoms with van der Waals surface area (Å²) in [5.74, 6) is 1.65. The number of benzene rings is 1. The number of rotatable bonds is 7. The van der Waals surface area contributed by atoms with E-state index in [0.29, 0.717) is 6.04 Å². The number of hydrogen-bond acceptors (Lipinski definition) is 4. The lowest BCUT2D eigenvalue weighted by Crippen LogP contribution is -2.48. The average Bonchev–Trinajstić information content (AvgIpc) is 3.25. The molecule has 146 valence electrons. The fraction of sp³-hybridized carbons (Fsp3) is 0.550. The highest BCUT2D eigenvalue weighted by Gasteiger charge is 2.19. The number of guanidine groups is 1. The summed E-state index contributed by atoms with van der Waals surface area (Å²) in [6, 6.07) is 8.79. The van der Waals surface area contributed by atoms with E-state index in [9.17, 15) is 0 Å². The van der Waals surface area contributed by atoms with Crippen molar-refractivity contribution >= 4 is 5.96 Å². The third-order valence-corrected chi connectivity index (χ3v) is 5.06. The van der Waals surface area contributed by atoms with Crippen molar-refractivity contribution in [2.24, 2.45) is 4.99 Å². The molecule has 2 aromatic rings. The van der Waals surface area contributed by atoms with Crippen LogP contribution in [-0.4, -0.2) is 58.8 Å². The minimum atomic E-state index is 0.495. The molecule has 0 radical (unpaired) electrons. The average molecular weight is 370 g/mol. The van der Waals surface area contributed by atoms with Crippen LogP contribution in [0.4, 0.5) is 0 Å². The second-order valence-corrected chi connectivity index (χ2v) is 7.07. The molecule has 1 aromatic carbocycles. The molecule has 0 bridgehead atoms. The number of aromatic amines is 1. The summed E-state index contributed by atoms with van der Waals surface area (Å²) < 4.78 is 0. The number of nitrogens with zero attached hydrogens (tertiary/aromatic N) is 4. The number of aliphatic imine (C=N–C) groups is 1. The normalized spacial score (nSPS) is 16.4. The molecule has 0 spiro atoms. The lowest BCUT2D eigenvalue weighted by molar-refractivity contribution is 0.203. The second kappa shape index (κ2) is 10.1. The molecule has 1 aromatic heterocycles. The summed E-state index contributed by atoms with van der Waals surface area (Å²) >= 11 is 0. The maximum absolute atomic E-state index is 4.39. The molecule has 0 aliphatic carbocycles. The number of aromatic nitrogens is 3. The van der Waals surface area contributed by atoms with Gasteiger partial charge in [-0.05, 0) is 37.4 Å². The van der Waals surface area contributed by atoms with Crippen LogP contribution in [0.15, 0.2) is 35.6 Å². The Kier molecular flexibility index (Phi) is 7.21. The maximum atomic E-state index is 4.39. The van der Waals surface area contributed by atoms with Gasteiger partial charge in [0.1, 0.15) is 6.33 Å². The molecule has 0 saturated carbocycles. The molecule has 3 N–H and O–H groups in total. The molecular formula is C20H31N7. The summed E-state index contributed by atoms with van der Waals surface area (Å²) in [7, 11) is 1.83. The minimum Gasteiger partial charge on any atom is -0.354 e. The van der Waals surface area contributed by atoms with Gasteiger partial charge in [0.15, 0.2) is 11.8 Å². The van der Waals surface area contributed by atoms with Crippen LogP contribution >= 0.6 is 0 Å². The first-order valence-electron chi connectivity index (χ1n) is 9.92. The maximum Gasteiger partial charge on any atom is 0.191 e. The SMILES string of the molecule is CCCCN1CCC(NC(=NC)NCc2cccc(-c3ncn[nH]3)c2)CC1. The van der Waals surface area contributed by atoms with Gasteiger partial charge in [0.05, 0.1) is 0 Å². The lowest BCUT2D eigenvalue weighted by atomic mass is 10.0. The monoisotopic (exact) mass is 369 g/mol. The molecular weight excluding hydrogens is 338 g/mol. The van der Waals surface area contributed by atoms with Gasteiger partial charge in [-0.1, -0.05) is 31.5 Å². The van der Waals surface area contributed by atoms with E-state index in [-0.39, 0.29) is 0 Å². The Morgan fingerprint density at radius 3 is 2.89 bits per heavy atom. The van der Waals surface area contributed by atoms with Crippen LogP contribution < -0.4 is 10.6 Å².